The number of phosphoric acid groups is 1. The first-order valence-corrected chi connectivity index (χ1v) is 4.54. The Hall–Kier alpha value is -0.460. The molecule has 0 radical (unpaired) electrons. The van der Waals surface area contributed by atoms with Crippen LogP contribution in [0.4, 0.5) is 0 Å². The Kier molecular flexibility index (Phi) is 7.16. The Balaban J connectivity index is 0. The SMILES string of the molecule is CC[C@H]([NH3+])C(=O)O.O=P([O-])(O)O. The fraction of sp³-hybridized carbons (Fsp3) is 0.750. The lowest BCUT2D eigenvalue weighted by atomic mass is 10.2. The van der Waals surface area contributed by atoms with Crippen LogP contribution < -0.4 is 10.6 Å². The third-order valence-corrected chi connectivity index (χ3v) is 0.842. The van der Waals surface area contributed by atoms with Crippen LogP contribution in [-0.2, 0) is 9.36 Å². The normalized spacial score (nSPS) is 12.8. The molecule has 0 rings (SSSR count). The van der Waals surface area contributed by atoms with E-state index in [-0.39, 0.29) is 0 Å². The predicted molar refractivity (Wildman–Crippen MR) is 36.6 cm³/mol. The van der Waals surface area contributed by atoms with Crippen LogP contribution in [0, 0.1) is 0 Å². The lowest BCUT2D eigenvalue weighted by molar-refractivity contribution is -0.408. The first kappa shape index (κ1) is 14.1. The van der Waals surface area contributed by atoms with Crippen LogP contribution >= 0.6 is 7.82 Å². The molecule has 0 aliphatic carbocycles. The van der Waals surface area contributed by atoms with Crippen molar-refractivity contribution in [3.05, 3.63) is 0 Å². The minimum absolute atomic E-state index is 0.431. The molecule has 0 saturated heterocycles. The molecule has 0 aromatic carbocycles. The van der Waals surface area contributed by atoms with E-state index in [0.29, 0.717) is 6.42 Å². The zero-order chi connectivity index (χ0) is 10.4. The summed E-state index contributed by atoms with van der Waals surface area (Å²) in [6.45, 7) is 1.80. The summed E-state index contributed by atoms with van der Waals surface area (Å²) in [4.78, 5) is 32.8. The van der Waals surface area contributed by atoms with Crippen molar-refractivity contribution in [1.82, 2.24) is 0 Å². The van der Waals surface area contributed by atoms with Crippen LogP contribution in [0.3, 0.4) is 0 Å². The highest BCUT2D eigenvalue weighted by Gasteiger charge is 2.10. The molecule has 0 amide bonds. The molecule has 0 unspecified atom stereocenters. The summed E-state index contributed by atoms with van der Waals surface area (Å²) in [7, 11) is -4.89. The van der Waals surface area contributed by atoms with Gasteiger partial charge in [-0.3, -0.25) is 4.57 Å². The average molecular weight is 201 g/mol. The monoisotopic (exact) mass is 201 g/mol. The van der Waals surface area contributed by atoms with Gasteiger partial charge < -0.3 is 25.5 Å². The molecule has 0 heterocycles. The zero-order valence-electron chi connectivity index (χ0n) is 6.51. The molecule has 8 heteroatoms. The smallest absolute Gasteiger partial charge is 0.362 e. The highest BCUT2D eigenvalue weighted by molar-refractivity contribution is 7.43. The van der Waals surface area contributed by atoms with Gasteiger partial charge in [-0.05, 0) is 0 Å². The summed E-state index contributed by atoms with van der Waals surface area (Å²) >= 11 is 0. The molecule has 0 fully saturated rings. The Morgan fingerprint density at radius 2 is 1.92 bits per heavy atom. The van der Waals surface area contributed by atoms with Crippen LogP contribution in [-0.4, -0.2) is 26.9 Å². The zero-order valence-corrected chi connectivity index (χ0v) is 7.40. The number of aliphatic carboxylic acids is 1. The van der Waals surface area contributed by atoms with Crippen molar-refractivity contribution >= 4 is 13.8 Å². The third-order valence-electron chi connectivity index (χ3n) is 0.842. The highest BCUT2D eigenvalue weighted by atomic mass is 31.2. The second-order valence-electron chi connectivity index (χ2n) is 1.93. The molecule has 0 bridgehead atoms. The summed E-state index contributed by atoms with van der Waals surface area (Å²) in [6, 6.07) is -0.431. The molecule has 0 spiro atoms. The largest absolute Gasteiger partial charge is 0.756 e. The number of rotatable bonds is 2. The van der Waals surface area contributed by atoms with Gasteiger partial charge in [-0.1, -0.05) is 6.92 Å². The number of hydrogen-bond donors (Lipinski definition) is 4. The van der Waals surface area contributed by atoms with Gasteiger partial charge in [0.25, 0.3) is 7.82 Å². The van der Waals surface area contributed by atoms with Crippen LogP contribution in [0.15, 0.2) is 0 Å². The van der Waals surface area contributed by atoms with Crippen molar-refractivity contribution in [2.75, 3.05) is 0 Å². The molecule has 6 N–H and O–H groups in total. The van der Waals surface area contributed by atoms with E-state index in [1.807, 2.05) is 0 Å². The van der Waals surface area contributed by atoms with E-state index in [9.17, 15) is 4.79 Å². The number of hydrogen-bond acceptors (Lipinski definition) is 3. The van der Waals surface area contributed by atoms with Crippen molar-refractivity contribution in [2.24, 2.45) is 0 Å². The Morgan fingerprint density at radius 1 is 1.67 bits per heavy atom. The second kappa shape index (κ2) is 6.10. The predicted octanol–water partition coefficient (Wildman–Crippen LogP) is -2.47. The molecule has 0 aromatic heterocycles. The fourth-order valence-corrected chi connectivity index (χ4v) is 0.175. The first-order chi connectivity index (χ1) is 5.18. The Bertz CT molecular complexity index is 168. The van der Waals surface area contributed by atoms with Gasteiger partial charge >= 0.3 is 5.97 Å². The van der Waals surface area contributed by atoms with Crippen LogP contribution in [0.1, 0.15) is 13.3 Å². The lowest BCUT2D eigenvalue weighted by Gasteiger charge is -2.01. The summed E-state index contributed by atoms with van der Waals surface area (Å²) in [5, 5.41) is 8.12. The van der Waals surface area contributed by atoms with Gasteiger partial charge in [-0.25, -0.2) is 4.79 Å². The molecule has 0 aliphatic heterocycles. The van der Waals surface area contributed by atoms with Crippen molar-refractivity contribution in [1.29, 1.82) is 0 Å². The number of carboxylic acid groups (broad SMARTS) is 1. The van der Waals surface area contributed by atoms with Crippen molar-refractivity contribution in [3.8, 4) is 0 Å². The van der Waals surface area contributed by atoms with E-state index in [2.05, 4.69) is 5.73 Å². The van der Waals surface area contributed by atoms with E-state index in [0.717, 1.165) is 0 Å². The number of carboxylic acids is 1. The standard InChI is InChI=1S/C4H9NO2.H3O4P/c1-2-3(5)4(6)7;1-5(2,3)4/h3H,2,5H2,1H3,(H,6,7);(H3,1,2,3,4)/t3-;/m0./s1. The lowest BCUT2D eigenvalue weighted by Crippen LogP contribution is -2.64. The van der Waals surface area contributed by atoms with E-state index in [1.165, 1.54) is 0 Å². The van der Waals surface area contributed by atoms with Gasteiger partial charge in [0.1, 0.15) is 0 Å². The summed E-state index contributed by atoms with van der Waals surface area (Å²) in [6.07, 6.45) is 0.606. The third kappa shape index (κ3) is 22.7. The highest BCUT2D eigenvalue weighted by Crippen LogP contribution is 2.18. The first-order valence-electron chi connectivity index (χ1n) is 3.01. The molecule has 7 nitrogen and oxygen atoms in total. The maximum absolute atomic E-state index is 9.87. The quantitative estimate of drug-likeness (QED) is 0.364. The van der Waals surface area contributed by atoms with Crippen molar-refractivity contribution in [2.45, 2.75) is 19.4 Å². The minimum Gasteiger partial charge on any atom is -0.756 e. The fourth-order valence-electron chi connectivity index (χ4n) is 0.175. The second-order valence-corrected chi connectivity index (χ2v) is 2.92. The minimum atomic E-state index is -4.89. The average Bonchev–Trinajstić information content (AvgIpc) is 1.82. The van der Waals surface area contributed by atoms with Gasteiger partial charge in [0, 0.05) is 6.42 Å². The maximum atomic E-state index is 9.87. The van der Waals surface area contributed by atoms with Gasteiger partial charge in [0.2, 0.25) is 0 Å². The molecular formula is C4H12NO6P. The van der Waals surface area contributed by atoms with Gasteiger partial charge in [0.15, 0.2) is 6.04 Å². The Morgan fingerprint density at radius 3 is 1.92 bits per heavy atom. The van der Waals surface area contributed by atoms with E-state index in [1.54, 1.807) is 6.92 Å². The molecule has 74 valence electrons. The maximum Gasteiger partial charge on any atom is 0.362 e. The number of quaternary nitrogens is 1. The van der Waals surface area contributed by atoms with Crippen LogP contribution in [0.5, 0.6) is 0 Å². The summed E-state index contributed by atoms with van der Waals surface area (Å²) in [5.41, 5.74) is 3.36. The van der Waals surface area contributed by atoms with Crippen molar-refractivity contribution < 1.29 is 34.9 Å². The van der Waals surface area contributed by atoms with Gasteiger partial charge in [-0.2, -0.15) is 0 Å². The molecule has 1 atom stereocenters. The van der Waals surface area contributed by atoms with Crippen LogP contribution in [0.2, 0.25) is 0 Å². The van der Waals surface area contributed by atoms with E-state index < -0.39 is 19.8 Å². The van der Waals surface area contributed by atoms with E-state index >= 15 is 0 Å². The molecule has 0 aliphatic rings. The Labute approximate surface area is 69.1 Å². The topological polar surface area (TPSA) is 146 Å². The van der Waals surface area contributed by atoms with Crippen LogP contribution in [0.25, 0.3) is 0 Å². The number of carbonyl (C=O) groups is 1. The molecule has 0 saturated carbocycles. The van der Waals surface area contributed by atoms with Gasteiger partial charge in [0.05, 0.1) is 0 Å². The molecule has 12 heavy (non-hydrogen) atoms. The van der Waals surface area contributed by atoms with E-state index in [4.69, 9.17) is 24.4 Å². The summed E-state index contributed by atoms with van der Waals surface area (Å²) in [5.74, 6) is -0.817. The van der Waals surface area contributed by atoms with Gasteiger partial charge in [-0.15, -0.1) is 0 Å². The summed E-state index contributed by atoms with van der Waals surface area (Å²) < 4.78 is 8.77. The van der Waals surface area contributed by atoms with Crippen molar-refractivity contribution in [3.63, 3.8) is 0 Å². The molecule has 0 aromatic rings. The molecular weight excluding hydrogens is 189 g/mol.